The van der Waals surface area contributed by atoms with Crippen LogP contribution in [0.3, 0.4) is 0 Å². The monoisotopic (exact) mass is 431 g/mol. The largest absolute Gasteiger partial charge is 0.324 e. The lowest BCUT2D eigenvalue weighted by atomic mass is 10.2. The van der Waals surface area contributed by atoms with Crippen LogP contribution < -0.4 is 5.32 Å². The minimum atomic E-state index is -0.0848. The van der Waals surface area contributed by atoms with Crippen molar-refractivity contribution in [1.82, 2.24) is 19.7 Å². The lowest BCUT2D eigenvalue weighted by molar-refractivity contribution is -0.113. The summed E-state index contributed by atoms with van der Waals surface area (Å²) in [6, 6.07) is 11.3. The predicted molar refractivity (Wildman–Crippen MR) is 107 cm³/mol. The molecule has 0 aliphatic rings. The molecule has 134 valence electrons. The number of carbonyl (C=O) groups is 1. The van der Waals surface area contributed by atoms with Crippen LogP contribution in [0.1, 0.15) is 13.3 Å². The smallest absolute Gasteiger partial charge is 0.234 e. The van der Waals surface area contributed by atoms with Gasteiger partial charge in [0.2, 0.25) is 5.91 Å². The molecule has 0 saturated carbocycles. The van der Waals surface area contributed by atoms with Crippen molar-refractivity contribution in [3.8, 4) is 11.4 Å². The molecule has 0 fully saturated rings. The van der Waals surface area contributed by atoms with Crippen molar-refractivity contribution >= 4 is 39.3 Å². The third-order valence-electron chi connectivity index (χ3n) is 3.58. The van der Waals surface area contributed by atoms with Crippen molar-refractivity contribution in [1.29, 1.82) is 0 Å². The van der Waals surface area contributed by atoms with Gasteiger partial charge in [-0.15, -0.1) is 10.2 Å². The maximum Gasteiger partial charge on any atom is 0.234 e. The fourth-order valence-corrected chi connectivity index (χ4v) is 3.56. The number of nitrogens with one attached hydrogen (secondary N) is 1. The first-order valence-electron chi connectivity index (χ1n) is 8.19. The van der Waals surface area contributed by atoms with Crippen LogP contribution in [0.2, 0.25) is 0 Å². The van der Waals surface area contributed by atoms with E-state index < -0.39 is 0 Å². The first-order valence-corrected chi connectivity index (χ1v) is 9.97. The summed E-state index contributed by atoms with van der Waals surface area (Å²) in [4.78, 5) is 16.3. The first-order chi connectivity index (χ1) is 12.7. The maximum absolute atomic E-state index is 12.3. The van der Waals surface area contributed by atoms with E-state index >= 15 is 0 Å². The van der Waals surface area contributed by atoms with Gasteiger partial charge in [-0.25, -0.2) is 0 Å². The Labute approximate surface area is 164 Å². The van der Waals surface area contributed by atoms with Crippen molar-refractivity contribution in [3.05, 3.63) is 53.3 Å². The lowest BCUT2D eigenvalue weighted by Crippen LogP contribution is -2.15. The van der Waals surface area contributed by atoms with E-state index in [-0.39, 0.29) is 11.7 Å². The number of thioether (sulfide) groups is 1. The highest BCUT2D eigenvalue weighted by Gasteiger charge is 2.15. The van der Waals surface area contributed by atoms with Gasteiger partial charge < -0.3 is 9.88 Å². The van der Waals surface area contributed by atoms with E-state index in [1.807, 2.05) is 41.0 Å². The average molecular weight is 432 g/mol. The van der Waals surface area contributed by atoms with E-state index in [2.05, 4.69) is 43.4 Å². The minimum Gasteiger partial charge on any atom is -0.324 e. The number of aromatic nitrogens is 4. The molecule has 2 heterocycles. The summed E-state index contributed by atoms with van der Waals surface area (Å²) in [6.07, 6.45) is 4.42. The zero-order chi connectivity index (χ0) is 18.4. The molecule has 26 heavy (non-hydrogen) atoms. The van der Waals surface area contributed by atoms with Gasteiger partial charge in [0.1, 0.15) is 0 Å². The van der Waals surface area contributed by atoms with E-state index in [9.17, 15) is 4.79 Å². The number of pyridine rings is 1. The van der Waals surface area contributed by atoms with Gasteiger partial charge in [-0.2, -0.15) is 0 Å². The standard InChI is InChI=1S/C18H18BrN5OS/c1-2-11-24-17(13-7-9-20-10-8-13)22-23-18(24)26-12-16(25)21-15-6-4-3-5-14(15)19/h3-10H,2,11-12H2,1H3,(H,21,25). The Morgan fingerprint density at radius 2 is 1.96 bits per heavy atom. The molecule has 0 aliphatic carbocycles. The topological polar surface area (TPSA) is 72.7 Å². The zero-order valence-electron chi connectivity index (χ0n) is 14.2. The fraction of sp³-hybridized carbons (Fsp3) is 0.222. The van der Waals surface area contributed by atoms with Gasteiger partial charge in [0.05, 0.1) is 11.4 Å². The normalized spacial score (nSPS) is 10.7. The van der Waals surface area contributed by atoms with E-state index in [0.29, 0.717) is 0 Å². The molecule has 0 spiro atoms. The quantitative estimate of drug-likeness (QED) is 0.566. The molecule has 2 aromatic heterocycles. The summed E-state index contributed by atoms with van der Waals surface area (Å²) in [6.45, 7) is 2.89. The molecule has 1 N–H and O–H groups in total. The second-order valence-corrected chi connectivity index (χ2v) is 7.31. The molecule has 0 unspecified atom stereocenters. The van der Waals surface area contributed by atoms with Gasteiger partial charge in [-0.05, 0) is 46.6 Å². The highest BCUT2D eigenvalue weighted by molar-refractivity contribution is 9.10. The third kappa shape index (κ3) is 4.50. The van der Waals surface area contributed by atoms with Gasteiger partial charge in [0.25, 0.3) is 0 Å². The van der Waals surface area contributed by atoms with Crippen molar-refractivity contribution in [2.24, 2.45) is 0 Å². The molecule has 0 bridgehead atoms. The number of nitrogens with zero attached hydrogens (tertiary/aromatic N) is 4. The summed E-state index contributed by atoms with van der Waals surface area (Å²) < 4.78 is 2.90. The predicted octanol–water partition coefficient (Wildman–Crippen LogP) is 4.24. The number of hydrogen-bond donors (Lipinski definition) is 1. The number of benzene rings is 1. The van der Waals surface area contributed by atoms with Crippen LogP contribution in [0.5, 0.6) is 0 Å². The van der Waals surface area contributed by atoms with Gasteiger partial charge in [-0.1, -0.05) is 30.8 Å². The van der Waals surface area contributed by atoms with E-state index in [1.165, 1.54) is 11.8 Å². The molecule has 6 nitrogen and oxygen atoms in total. The van der Waals surface area contributed by atoms with E-state index in [0.717, 1.165) is 39.7 Å². The molecule has 3 rings (SSSR count). The highest BCUT2D eigenvalue weighted by Crippen LogP contribution is 2.25. The molecule has 0 saturated heterocycles. The second kappa shape index (κ2) is 8.95. The Balaban J connectivity index is 1.71. The molecule has 0 atom stereocenters. The summed E-state index contributed by atoms with van der Waals surface area (Å²) in [5.74, 6) is 0.973. The van der Waals surface area contributed by atoms with Crippen molar-refractivity contribution in [2.45, 2.75) is 25.0 Å². The molecular formula is C18H18BrN5OS. The summed E-state index contributed by atoms with van der Waals surface area (Å²) in [5.41, 5.74) is 1.72. The average Bonchev–Trinajstić information content (AvgIpc) is 3.06. The molecule has 1 aromatic carbocycles. The van der Waals surface area contributed by atoms with Gasteiger partial charge in [0, 0.05) is 29.0 Å². The Bertz CT molecular complexity index is 884. The number of rotatable bonds is 7. The number of anilines is 1. The number of amides is 1. The zero-order valence-corrected chi connectivity index (χ0v) is 16.6. The molecular weight excluding hydrogens is 414 g/mol. The van der Waals surface area contributed by atoms with Crippen LogP contribution in [0.4, 0.5) is 5.69 Å². The van der Waals surface area contributed by atoms with Crippen molar-refractivity contribution < 1.29 is 4.79 Å². The van der Waals surface area contributed by atoms with Crippen LogP contribution in [0.15, 0.2) is 58.4 Å². The summed E-state index contributed by atoms with van der Waals surface area (Å²) >= 11 is 4.81. The van der Waals surface area contributed by atoms with E-state index in [4.69, 9.17) is 0 Å². The van der Waals surface area contributed by atoms with Crippen LogP contribution >= 0.6 is 27.7 Å². The van der Waals surface area contributed by atoms with Gasteiger partial charge in [0.15, 0.2) is 11.0 Å². The van der Waals surface area contributed by atoms with Gasteiger partial charge in [-0.3, -0.25) is 9.78 Å². The molecule has 8 heteroatoms. The van der Waals surface area contributed by atoms with Crippen LogP contribution in [-0.4, -0.2) is 31.4 Å². The molecule has 0 radical (unpaired) electrons. The van der Waals surface area contributed by atoms with Crippen LogP contribution in [0.25, 0.3) is 11.4 Å². The Morgan fingerprint density at radius 3 is 2.69 bits per heavy atom. The number of carbonyl (C=O) groups excluding carboxylic acids is 1. The summed E-state index contributed by atoms with van der Waals surface area (Å²) in [5, 5.41) is 12.2. The highest BCUT2D eigenvalue weighted by atomic mass is 79.9. The van der Waals surface area contributed by atoms with Gasteiger partial charge >= 0.3 is 0 Å². The molecule has 3 aromatic rings. The van der Waals surface area contributed by atoms with Crippen LogP contribution in [-0.2, 0) is 11.3 Å². The Kier molecular flexibility index (Phi) is 6.40. The number of halogens is 1. The number of hydrogen-bond acceptors (Lipinski definition) is 5. The summed E-state index contributed by atoms with van der Waals surface area (Å²) in [7, 11) is 0. The first kappa shape index (κ1) is 18.6. The minimum absolute atomic E-state index is 0.0848. The van der Waals surface area contributed by atoms with Crippen molar-refractivity contribution in [3.63, 3.8) is 0 Å². The maximum atomic E-state index is 12.3. The lowest BCUT2D eigenvalue weighted by Gasteiger charge is -2.09. The molecule has 0 aliphatic heterocycles. The SMILES string of the molecule is CCCn1c(SCC(=O)Nc2ccccc2Br)nnc1-c1ccncc1. The molecule has 1 amide bonds. The fourth-order valence-electron chi connectivity index (χ4n) is 2.41. The Morgan fingerprint density at radius 1 is 1.19 bits per heavy atom. The van der Waals surface area contributed by atoms with Crippen LogP contribution in [0, 0.1) is 0 Å². The van der Waals surface area contributed by atoms with Crippen molar-refractivity contribution in [2.75, 3.05) is 11.1 Å². The second-order valence-electron chi connectivity index (χ2n) is 5.51. The third-order valence-corrected chi connectivity index (χ3v) is 5.24. The Hall–Kier alpha value is -2.19. The number of para-hydroxylation sites is 1. The van der Waals surface area contributed by atoms with E-state index in [1.54, 1.807) is 12.4 Å².